The number of hydrogen-bond acceptors (Lipinski definition) is 6. The van der Waals surface area contributed by atoms with E-state index in [0.29, 0.717) is 29.2 Å². The predicted molar refractivity (Wildman–Crippen MR) is 116 cm³/mol. The van der Waals surface area contributed by atoms with E-state index in [-0.39, 0.29) is 18.0 Å². The summed E-state index contributed by atoms with van der Waals surface area (Å²) in [7, 11) is 0. The summed E-state index contributed by atoms with van der Waals surface area (Å²) in [6.45, 7) is 4.15. The molecule has 3 aromatic rings. The van der Waals surface area contributed by atoms with Crippen LogP contribution < -0.4 is 10.9 Å². The van der Waals surface area contributed by atoms with Gasteiger partial charge in [-0.05, 0) is 61.9 Å². The molecule has 1 aliphatic carbocycles. The summed E-state index contributed by atoms with van der Waals surface area (Å²) in [4.78, 5) is 43.6. The molecule has 1 N–H and O–H groups in total. The molecule has 8 heteroatoms. The van der Waals surface area contributed by atoms with E-state index in [1.807, 2.05) is 0 Å². The van der Waals surface area contributed by atoms with Crippen LogP contribution in [0.1, 0.15) is 41.1 Å². The lowest BCUT2D eigenvalue weighted by Crippen LogP contribution is -2.28. The lowest BCUT2D eigenvalue weighted by molar-refractivity contribution is -0.116. The smallest absolute Gasteiger partial charge is 0.338 e. The van der Waals surface area contributed by atoms with Crippen LogP contribution in [0.15, 0.2) is 35.4 Å². The summed E-state index contributed by atoms with van der Waals surface area (Å²) in [5.74, 6) is -0.122. The third kappa shape index (κ3) is 4.00. The van der Waals surface area contributed by atoms with Crippen LogP contribution >= 0.6 is 11.3 Å². The SMILES string of the molecule is CCOC(=O)c1ccc(NC(=O)Cn2cnc3sc4c(c3c2=O)CC[C@@H](C)C4)cc1. The third-order valence-electron chi connectivity index (χ3n) is 5.28. The van der Waals surface area contributed by atoms with E-state index in [2.05, 4.69) is 17.2 Å². The largest absolute Gasteiger partial charge is 0.462 e. The number of nitrogens with one attached hydrogen (secondary N) is 1. The number of hydrogen-bond donors (Lipinski definition) is 1. The topological polar surface area (TPSA) is 90.3 Å². The van der Waals surface area contributed by atoms with Crippen molar-refractivity contribution in [3.63, 3.8) is 0 Å². The van der Waals surface area contributed by atoms with Crippen LogP contribution in [0.2, 0.25) is 0 Å². The van der Waals surface area contributed by atoms with Gasteiger partial charge in [-0.15, -0.1) is 11.3 Å². The minimum atomic E-state index is -0.408. The number of amides is 1. The van der Waals surface area contributed by atoms with Crippen LogP contribution in [0.25, 0.3) is 10.2 Å². The van der Waals surface area contributed by atoms with E-state index in [1.165, 1.54) is 15.8 Å². The lowest BCUT2D eigenvalue weighted by atomic mass is 9.89. The number of aryl methyl sites for hydroxylation is 1. The van der Waals surface area contributed by atoms with Crippen molar-refractivity contribution in [1.29, 1.82) is 0 Å². The van der Waals surface area contributed by atoms with Gasteiger partial charge in [-0.25, -0.2) is 9.78 Å². The molecule has 0 saturated carbocycles. The van der Waals surface area contributed by atoms with E-state index >= 15 is 0 Å². The number of ether oxygens (including phenoxy) is 1. The van der Waals surface area contributed by atoms with Gasteiger partial charge in [-0.1, -0.05) is 6.92 Å². The van der Waals surface area contributed by atoms with Gasteiger partial charge >= 0.3 is 5.97 Å². The second-order valence-electron chi connectivity index (χ2n) is 7.56. The minimum absolute atomic E-state index is 0.123. The van der Waals surface area contributed by atoms with Gasteiger partial charge in [0.15, 0.2) is 0 Å². The number of fused-ring (bicyclic) bond motifs is 3. The zero-order valence-corrected chi connectivity index (χ0v) is 17.8. The number of benzene rings is 1. The van der Waals surface area contributed by atoms with Gasteiger partial charge in [0.25, 0.3) is 5.56 Å². The maximum atomic E-state index is 13.0. The molecule has 1 aromatic carbocycles. The van der Waals surface area contributed by atoms with Crippen LogP contribution in [0, 0.1) is 5.92 Å². The third-order valence-corrected chi connectivity index (χ3v) is 6.44. The number of carbonyl (C=O) groups is 2. The highest BCUT2D eigenvalue weighted by Gasteiger charge is 2.23. The molecule has 0 fully saturated rings. The van der Waals surface area contributed by atoms with Crippen molar-refractivity contribution in [3.8, 4) is 0 Å². The first-order valence-corrected chi connectivity index (χ1v) is 10.8. The van der Waals surface area contributed by atoms with Gasteiger partial charge < -0.3 is 10.1 Å². The number of nitrogens with zero attached hydrogens (tertiary/aromatic N) is 2. The number of anilines is 1. The first kappa shape index (κ1) is 20.3. The fraction of sp³-hybridized carbons (Fsp3) is 0.364. The molecule has 4 rings (SSSR count). The molecule has 0 saturated heterocycles. The van der Waals surface area contributed by atoms with Crippen molar-refractivity contribution < 1.29 is 14.3 Å². The standard InChI is InChI=1S/C22H23N3O4S/c1-3-29-22(28)14-5-7-15(8-6-14)24-18(26)11-25-12-23-20-19(21(25)27)16-9-4-13(2)10-17(16)30-20/h5-8,12-13H,3-4,9-11H2,1-2H3,(H,24,26)/t13-/m1/s1. The van der Waals surface area contributed by atoms with E-state index in [1.54, 1.807) is 42.5 Å². The molecule has 2 heterocycles. The number of carbonyl (C=O) groups excluding carboxylic acids is 2. The van der Waals surface area contributed by atoms with Gasteiger partial charge in [0.1, 0.15) is 11.4 Å². The molecule has 2 aromatic heterocycles. The van der Waals surface area contributed by atoms with Crippen molar-refractivity contribution in [1.82, 2.24) is 9.55 Å². The Kier molecular flexibility index (Phi) is 5.67. The quantitative estimate of drug-likeness (QED) is 0.633. The minimum Gasteiger partial charge on any atom is -0.462 e. The van der Waals surface area contributed by atoms with E-state index < -0.39 is 5.97 Å². The number of aromatic nitrogens is 2. The van der Waals surface area contributed by atoms with Gasteiger partial charge in [0.2, 0.25) is 5.91 Å². The first-order chi connectivity index (χ1) is 14.5. The van der Waals surface area contributed by atoms with Crippen molar-refractivity contribution in [3.05, 3.63) is 57.0 Å². The first-order valence-electron chi connectivity index (χ1n) is 10.0. The van der Waals surface area contributed by atoms with Gasteiger partial charge in [0, 0.05) is 10.6 Å². The molecular formula is C22H23N3O4S. The van der Waals surface area contributed by atoms with Crippen molar-refractivity contribution in [2.24, 2.45) is 5.92 Å². The second-order valence-corrected chi connectivity index (χ2v) is 8.64. The van der Waals surface area contributed by atoms with Gasteiger partial charge in [0.05, 0.1) is 23.9 Å². The van der Waals surface area contributed by atoms with Crippen LogP contribution in [0.4, 0.5) is 5.69 Å². The fourth-order valence-electron chi connectivity index (χ4n) is 3.74. The Bertz CT molecular complexity index is 1160. The number of esters is 1. The van der Waals surface area contributed by atoms with Gasteiger partial charge in [-0.3, -0.25) is 14.2 Å². The van der Waals surface area contributed by atoms with Crippen LogP contribution in [0.5, 0.6) is 0 Å². The van der Waals surface area contributed by atoms with Crippen molar-refractivity contribution >= 4 is 39.1 Å². The molecule has 1 atom stereocenters. The maximum absolute atomic E-state index is 13.0. The molecule has 7 nitrogen and oxygen atoms in total. The van der Waals surface area contributed by atoms with E-state index in [4.69, 9.17) is 4.74 Å². The molecular weight excluding hydrogens is 402 g/mol. The Morgan fingerprint density at radius 2 is 2.07 bits per heavy atom. The highest BCUT2D eigenvalue weighted by Crippen LogP contribution is 2.35. The normalized spacial score (nSPS) is 15.6. The maximum Gasteiger partial charge on any atom is 0.338 e. The average Bonchev–Trinajstić information content (AvgIpc) is 3.09. The summed E-state index contributed by atoms with van der Waals surface area (Å²) >= 11 is 1.59. The number of thiophene rings is 1. The highest BCUT2D eigenvalue weighted by atomic mass is 32.1. The summed E-state index contributed by atoms with van der Waals surface area (Å²) in [5, 5.41) is 3.41. The van der Waals surface area contributed by atoms with Crippen LogP contribution in [-0.2, 0) is 28.9 Å². The zero-order chi connectivity index (χ0) is 21.3. The lowest BCUT2D eigenvalue weighted by Gasteiger charge is -2.17. The Hall–Kier alpha value is -3.00. The van der Waals surface area contributed by atoms with Crippen molar-refractivity contribution in [2.45, 2.75) is 39.7 Å². The molecule has 0 bridgehead atoms. The van der Waals surface area contributed by atoms with Gasteiger partial charge in [-0.2, -0.15) is 0 Å². The monoisotopic (exact) mass is 425 g/mol. The highest BCUT2D eigenvalue weighted by molar-refractivity contribution is 7.18. The van der Waals surface area contributed by atoms with E-state index in [0.717, 1.165) is 29.7 Å². The predicted octanol–water partition coefficient (Wildman–Crippen LogP) is 3.40. The Morgan fingerprint density at radius 3 is 2.80 bits per heavy atom. The summed E-state index contributed by atoms with van der Waals surface area (Å²) < 4.78 is 6.30. The molecule has 0 unspecified atom stereocenters. The van der Waals surface area contributed by atoms with Crippen molar-refractivity contribution in [2.75, 3.05) is 11.9 Å². The second kappa shape index (κ2) is 8.39. The summed E-state index contributed by atoms with van der Waals surface area (Å²) in [5.41, 5.74) is 1.89. The molecule has 30 heavy (non-hydrogen) atoms. The summed E-state index contributed by atoms with van der Waals surface area (Å²) in [6.07, 6.45) is 4.38. The molecule has 0 spiro atoms. The molecule has 0 aliphatic heterocycles. The Morgan fingerprint density at radius 1 is 1.30 bits per heavy atom. The molecule has 0 radical (unpaired) electrons. The zero-order valence-electron chi connectivity index (χ0n) is 16.9. The van der Waals surface area contributed by atoms with Crippen LogP contribution in [-0.4, -0.2) is 28.0 Å². The summed E-state index contributed by atoms with van der Waals surface area (Å²) in [6, 6.07) is 6.44. The average molecular weight is 426 g/mol. The Balaban J connectivity index is 1.50. The molecule has 1 aliphatic rings. The Labute approximate surface area is 177 Å². The molecule has 156 valence electrons. The van der Waals surface area contributed by atoms with E-state index in [9.17, 15) is 14.4 Å². The van der Waals surface area contributed by atoms with Crippen LogP contribution in [0.3, 0.4) is 0 Å². The molecule has 1 amide bonds. The fourth-order valence-corrected chi connectivity index (χ4v) is 5.08. The number of rotatable bonds is 5.